The van der Waals surface area contributed by atoms with Crippen LogP contribution in [0.4, 0.5) is 0 Å². The molecule has 0 aliphatic carbocycles. The summed E-state index contributed by atoms with van der Waals surface area (Å²) >= 11 is 0. The van der Waals surface area contributed by atoms with Gasteiger partial charge in [-0.05, 0) is 12.8 Å². The molecule has 0 aromatic carbocycles. The molecule has 0 bridgehead atoms. The largest absolute Gasteiger partial charge is 0.381 e. The lowest BCUT2D eigenvalue weighted by Gasteiger charge is -2.20. The summed E-state index contributed by atoms with van der Waals surface area (Å²) in [5.41, 5.74) is 0. The van der Waals surface area contributed by atoms with Crippen molar-refractivity contribution in [2.75, 3.05) is 26.3 Å². The van der Waals surface area contributed by atoms with Crippen LogP contribution in [0, 0.1) is 0 Å². The van der Waals surface area contributed by atoms with E-state index in [1.165, 1.54) is 0 Å². The van der Waals surface area contributed by atoms with Crippen LogP contribution in [0.15, 0.2) is 4.52 Å². The van der Waals surface area contributed by atoms with Crippen molar-refractivity contribution in [1.29, 1.82) is 0 Å². The first-order valence-electron chi connectivity index (χ1n) is 6.24. The van der Waals surface area contributed by atoms with Crippen LogP contribution >= 0.6 is 0 Å². The van der Waals surface area contributed by atoms with Crippen LogP contribution in [0.25, 0.3) is 0 Å². The average molecular weight is 252 g/mol. The highest BCUT2D eigenvalue weighted by molar-refractivity contribution is 5.78. The van der Waals surface area contributed by atoms with Gasteiger partial charge in [-0.2, -0.15) is 4.98 Å². The number of rotatable bonds is 2. The molecule has 18 heavy (non-hydrogen) atoms. The van der Waals surface area contributed by atoms with E-state index in [9.17, 15) is 4.79 Å². The Morgan fingerprint density at radius 2 is 2.33 bits per heavy atom. The van der Waals surface area contributed by atoms with E-state index < -0.39 is 0 Å². The fourth-order valence-electron chi connectivity index (χ4n) is 2.24. The van der Waals surface area contributed by atoms with E-state index in [-0.39, 0.29) is 24.4 Å². The normalized spacial score (nSPS) is 29.0. The molecular formula is C11H16N4O3. The molecule has 1 aromatic rings. The maximum atomic E-state index is 11.0. The van der Waals surface area contributed by atoms with E-state index in [1.807, 2.05) is 0 Å². The number of amides is 1. The summed E-state index contributed by atoms with van der Waals surface area (Å²) in [6.45, 7) is 2.25. The van der Waals surface area contributed by atoms with Gasteiger partial charge in [0.25, 0.3) is 0 Å². The highest BCUT2D eigenvalue weighted by atomic mass is 16.5. The molecule has 1 amide bonds. The number of ether oxygens (including phenoxy) is 1. The van der Waals surface area contributed by atoms with Crippen LogP contribution in [0.2, 0.25) is 0 Å². The minimum Gasteiger partial charge on any atom is -0.381 e. The Kier molecular flexibility index (Phi) is 3.24. The molecule has 0 saturated carbocycles. The first kappa shape index (κ1) is 11.6. The second-order valence-corrected chi connectivity index (χ2v) is 4.64. The molecule has 3 rings (SSSR count). The quantitative estimate of drug-likeness (QED) is 0.752. The topological polar surface area (TPSA) is 89.3 Å². The predicted molar refractivity (Wildman–Crippen MR) is 60.8 cm³/mol. The fourth-order valence-corrected chi connectivity index (χ4v) is 2.24. The molecule has 98 valence electrons. The number of carbonyl (C=O) groups excluding carboxylic acids is 1. The SMILES string of the molecule is O=C1CNC(c2nc(C3CCCOC3)no2)CN1. The minimum atomic E-state index is -0.0894. The van der Waals surface area contributed by atoms with E-state index in [2.05, 4.69) is 20.8 Å². The lowest BCUT2D eigenvalue weighted by atomic mass is 10.0. The summed E-state index contributed by atoms with van der Waals surface area (Å²) in [7, 11) is 0. The number of piperazine rings is 1. The Bertz CT molecular complexity index is 418. The number of carbonyl (C=O) groups is 1. The molecule has 7 nitrogen and oxygen atoms in total. The van der Waals surface area contributed by atoms with E-state index in [0.29, 0.717) is 24.9 Å². The van der Waals surface area contributed by atoms with Gasteiger partial charge >= 0.3 is 0 Å². The summed E-state index contributed by atoms with van der Waals surface area (Å²) in [5.74, 6) is 1.47. The summed E-state index contributed by atoms with van der Waals surface area (Å²) in [5, 5.41) is 9.84. The predicted octanol–water partition coefficient (Wildman–Crippen LogP) is -0.276. The van der Waals surface area contributed by atoms with E-state index in [4.69, 9.17) is 9.26 Å². The van der Waals surface area contributed by atoms with Crippen LogP contribution in [-0.4, -0.2) is 42.4 Å². The van der Waals surface area contributed by atoms with Crippen molar-refractivity contribution in [1.82, 2.24) is 20.8 Å². The number of nitrogens with zero attached hydrogens (tertiary/aromatic N) is 2. The molecule has 3 heterocycles. The summed E-state index contributed by atoms with van der Waals surface area (Å²) < 4.78 is 10.7. The van der Waals surface area contributed by atoms with Crippen LogP contribution in [0.5, 0.6) is 0 Å². The zero-order valence-corrected chi connectivity index (χ0v) is 10.0. The molecule has 2 aliphatic rings. The number of hydrogen-bond donors (Lipinski definition) is 2. The average Bonchev–Trinajstić information content (AvgIpc) is 2.90. The van der Waals surface area contributed by atoms with Gasteiger partial charge in [-0.15, -0.1) is 0 Å². The van der Waals surface area contributed by atoms with Gasteiger partial charge in [0.05, 0.1) is 13.2 Å². The third kappa shape index (κ3) is 2.37. The Morgan fingerprint density at radius 1 is 1.39 bits per heavy atom. The first-order chi connectivity index (χ1) is 8.83. The van der Waals surface area contributed by atoms with Crippen molar-refractivity contribution < 1.29 is 14.1 Å². The zero-order chi connectivity index (χ0) is 12.4. The van der Waals surface area contributed by atoms with Gasteiger partial charge in [0, 0.05) is 19.1 Å². The third-order valence-corrected chi connectivity index (χ3v) is 3.29. The van der Waals surface area contributed by atoms with Crippen molar-refractivity contribution >= 4 is 5.91 Å². The lowest BCUT2D eigenvalue weighted by molar-refractivity contribution is -0.121. The number of aromatic nitrogens is 2. The Labute approximate surface area is 104 Å². The third-order valence-electron chi connectivity index (χ3n) is 3.29. The number of hydrogen-bond acceptors (Lipinski definition) is 6. The second kappa shape index (κ2) is 5.03. The Morgan fingerprint density at radius 3 is 3.06 bits per heavy atom. The van der Waals surface area contributed by atoms with Gasteiger partial charge in [-0.1, -0.05) is 5.16 Å². The Balaban J connectivity index is 1.67. The van der Waals surface area contributed by atoms with Gasteiger partial charge in [0.15, 0.2) is 5.82 Å². The minimum absolute atomic E-state index is 0.00771. The summed E-state index contributed by atoms with van der Waals surface area (Å²) in [6.07, 6.45) is 2.07. The van der Waals surface area contributed by atoms with Crippen LogP contribution < -0.4 is 10.6 Å². The highest BCUT2D eigenvalue weighted by Gasteiger charge is 2.27. The van der Waals surface area contributed by atoms with E-state index in [1.54, 1.807) is 0 Å². The second-order valence-electron chi connectivity index (χ2n) is 4.64. The van der Waals surface area contributed by atoms with Crippen molar-refractivity contribution in [3.63, 3.8) is 0 Å². The van der Waals surface area contributed by atoms with Crippen molar-refractivity contribution in [3.05, 3.63) is 11.7 Å². The lowest BCUT2D eigenvalue weighted by Crippen LogP contribution is -2.47. The van der Waals surface area contributed by atoms with E-state index >= 15 is 0 Å². The van der Waals surface area contributed by atoms with Crippen molar-refractivity contribution in [3.8, 4) is 0 Å². The molecule has 1 aromatic heterocycles. The van der Waals surface area contributed by atoms with Crippen LogP contribution in [0.3, 0.4) is 0 Å². The highest BCUT2D eigenvalue weighted by Crippen LogP contribution is 2.24. The molecule has 2 aliphatic heterocycles. The van der Waals surface area contributed by atoms with Crippen molar-refractivity contribution in [2.45, 2.75) is 24.8 Å². The van der Waals surface area contributed by atoms with Crippen LogP contribution in [0.1, 0.15) is 36.5 Å². The van der Waals surface area contributed by atoms with Gasteiger partial charge in [0.1, 0.15) is 6.04 Å². The molecule has 2 unspecified atom stereocenters. The maximum Gasteiger partial charge on any atom is 0.245 e. The van der Waals surface area contributed by atoms with Gasteiger partial charge < -0.3 is 14.6 Å². The number of nitrogens with one attached hydrogen (secondary N) is 2. The zero-order valence-electron chi connectivity index (χ0n) is 10.0. The summed E-state index contributed by atoms with van der Waals surface area (Å²) in [6, 6.07) is -0.0894. The van der Waals surface area contributed by atoms with Gasteiger partial charge in [-0.25, -0.2) is 0 Å². The fraction of sp³-hybridized carbons (Fsp3) is 0.727. The summed E-state index contributed by atoms with van der Waals surface area (Å²) in [4.78, 5) is 15.4. The monoisotopic (exact) mass is 252 g/mol. The molecule has 0 radical (unpaired) electrons. The van der Waals surface area contributed by atoms with Gasteiger partial charge in [0.2, 0.25) is 11.8 Å². The van der Waals surface area contributed by atoms with Crippen molar-refractivity contribution in [2.24, 2.45) is 0 Å². The molecule has 2 atom stereocenters. The maximum absolute atomic E-state index is 11.0. The Hall–Kier alpha value is -1.47. The molecule has 7 heteroatoms. The molecule has 2 fully saturated rings. The molecule has 0 spiro atoms. The molecule has 2 N–H and O–H groups in total. The van der Waals surface area contributed by atoms with Crippen LogP contribution in [-0.2, 0) is 9.53 Å². The van der Waals surface area contributed by atoms with E-state index in [0.717, 1.165) is 19.4 Å². The molecule has 2 saturated heterocycles. The standard InChI is InChI=1S/C11H16N4O3/c16-9-5-12-8(4-13-9)11-14-10(15-18-11)7-2-1-3-17-6-7/h7-8,12H,1-6H2,(H,13,16). The molecular weight excluding hydrogens is 236 g/mol. The first-order valence-corrected chi connectivity index (χ1v) is 6.24. The smallest absolute Gasteiger partial charge is 0.245 e. The van der Waals surface area contributed by atoms with Gasteiger partial charge in [-0.3, -0.25) is 10.1 Å².